The van der Waals surface area contributed by atoms with Crippen LogP contribution in [0.4, 0.5) is 0 Å². The number of fused-ring (bicyclic) bond motifs is 2. The van der Waals surface area contributed by atoms with Crippen molar-refractivity contribution in [3.8, 4) is 0 Å². The van der Waals surface area contributed by atoms with Crippen LogP contribution in [0, 0.1) is 35.5 Å². The second-order valence-electron chi connectivity index (χ2n) is 4.88. The fraction of sp³-hybridized carbons (Fsp3) is 0.636. The van der Waals surface area contributed by atoms with Crippen molar-refractivity contribution < 1.29 is 19.2 Å². The summed E-state index contributed by atoms with van der Waals surface area (Å²) in [5, 5.41) is -2.96. The minimum atomic E-state index is -0.878. The Bertz CT molecular complexity index is 395. The minimum Gasteiger partial charge on any atom is -0.281 e. The summed E-state index contributed by atoms with van der Waals surface area (Å²) in [7, 11) is 0. The molecule has 2 fully saturated rings. The van der Waals surface area contributed by atoms with Crippen molar-refractivity contribution in [3.63, 3.8) is 0 Å². The Labute approximate surface area is 128 Å². The van der Waals surface area contributed by atoms with Crippen LogP contribution in [0.25, 0.3) is 0 Å². The zero-order chi connectivity index (χ0) is 14.5. The molecule has 0 aromatic carbocycles. The molecule has 0 aliphatic heterocycles. The van der Waals surface area contributed by atoms with Gasteiger partial charge in [-0.05, 0) is 64.7 Å². The van der Waals surface area contributed by atoms with Crippen LogP contribution in [0.1, 0.15) is 6.42 Å². The zero-order valence-electron chi connectivity index (χ0n) is 9.32. The first-order valence-corrected chi connectivity index (χ1v) is 7.06. The second-order valence-corrected chi connectivity index (χ2v) is 6.37. The van der Waals surface area contributed by atoms with Gasteiger partial charge in [0, 0.05) is 23.7 Å². The maximum atomic E-state index is 11.5. The lowest BCUT2D eigenvalue weighted by Crippen LogP contribution is -2.44. The van der Waals surface area contributed by atoms with Gasteiger partial charge in [-0.3, -0.25) is 19.2 Å². The molecule has 2 bridgehead atoms. The van der Waals surface area contributed by atoms with E-state index in [-0.39, 0.29) is 0 Å². The monoisotopic (exact) mass is 344 g/mol. The third-order valence-electron chi connectivity index (χ3n) is 4.21. The quantitative estimate of drug-likeness (QED) is 0.732. The summed E-state index contributed by atoms with van der Waals surface area (Å²) >= 11 is 22.0. The van der Waals surface area contributed by atoms with Crippen LogP contribution in [0.2, 0.25) is 0 Å². The maximum Gasteiger partial charge on any atom is 0.225 e. The highest BCUT2D eigenvalue weighted by atomic mass is 35.5. The fourth-order valence-electron chi connectivity index (χ4n) is 3.65. The van der Waals surface area contributed by atoms with Gasteiger partial charge in [-0.15, -0.1) is 0 Å². The number of rotatable bonds is 4. The summed E-state index contributed by atoms with van der Waals surface area (Å²) < 4.78 is 0. The molecule has 2 aliphatic carbocycles. The Morgan fingerprint density at radius 2 is 0.789 bits per heavy atom. The van der Waals surface area contributed by atoms with Crippen molar-refractivity contribution in [3.05, 3.63) is 0 Å². The molecule has 4 atom stereocenters. The molecule has 0 N–H and O–H groups in total. The van der Waals surface area contributed by atoms with Crippen LogP contribution >= 0.6 is 46.4 Å². The highest BCUT2D eigenvalue weighted by Crippen LogP contribution is 2.60. The Morgan fingerprint density at radius 1 is 0.579 bits per heavy atom. The molecule has 0 radical (unpaired) electrons. The third-order valence-corrected chi connectivity index (χ3v) is 5.22. The Morgan fingerprint density at radius 3 is 0.947 bits per heavy atom. The summed E-state index contributed by atoms with van der Waals surface area (Å²) in [5.74, 6) is -4.62. The number of hydrogen-bond acceptors (Lipinski definition) is 4. The van der Waals surface area contributed by atoms with Gasteiger partial charge in [0.25, 0.3) is 0 Å². The van der Waals surface area contributed by atoms with E-state index in [4.69, 9.17) is 46.4 Å². The standard InChI is InChI=1S/C11H8Cl4O4/c12-8(16)4-2-1-3(6(4)10(14)18)7(11(15)19)5(2)9(13)17/h2-7H,1H2. The molecule has 0 heterocycles. The van der Waals surface area contributed by atoms with E-state index >= 15 is 0 Å². The van der Waals surface area contributed by atoms with E-state index in [0.717, 1.165) is 0 Å². The summed E-state index contributed by atoms with van der Waals surface area (Å²) in [6, 6.07) is 0. The number of carbonyl (C=O) groups excluding carboxylic acids is 4. The molecule has 0 aromatic rings. The lowest BCUT2D eigenvalue weighted by atomic mass is 9.69. The zero-order valence-corrected chi connectivity index (χ0v) is 12.3. The van der Waals surface area contributed by atoms with Gasteiger partial charge in [-0.25, -0.2) is 0 Å². The molecule has 0 saturated heterocycles. The number of halogens is 4. The molecule has 2 saturated carbocycles. The average molecular weight is 346 g/mol. The molecule has 0 spiro atoms. The molecule has 4 unspecified atom stereocenters. The topological polar surface area (TPSA) is 68.3 Å². The summed E-state index contributed by atoms with van der Waals surface area (Å²) in [6.07, 6.45) is 0.318. The molecule has 19 heavy (non-hydrogen) atoms. The van der Waals surface area contributed by atoms with Crippen molar-refractivity contribution in [1.82, 2.24) is 0 Å². The normalized spacial score (nSPS) is 40.2. The van der Waals surface area contributed by atoms with Crippen LogP contribution in [-0.4, -0.2) is 21.0 Å². The molecular weight excluding hydrogens is 338 g/mol. The smallest absolute Gasteiger partial charge is 0.225 e. The van der Waals surface area contributed by atoms with Crippen molar-refractivity contribution in [2.45, 2.75) is 6.42 Å². The van der Waals surface area contributed by atoms with Gasteiger partial charge in [0.15, 0.2) is 0 Å². The van der Waals surface area contributed by atoms with E-state index in [1.165, 1.54) is 0 Å². The first-order valence-electron chi connectivity index (χ1n) is 5.54. The molecule has 2 rings (SSSR count). The van der Waals surface area contributed by atoms with Gasteiger partial charge in [-0.1, -0.05) is 0 Å². The molecule has 8 heteroatoms. The van der Waals surface area contributed by atoms with Crippen molar-refractivity contribution in [2.75, 3.05) is 0 Å². The molecular formula is C11H8Cl4O4. The Balaban J connectivity index is 2.45. The Hall–Kier alpha value is -0.160. The largest absolute Gasteiger partial charge is 0.281 e. The van der Waals surface area contributed by atoms with Crippen LogP contribution in [0.5, 0.6) is 0 Å². The maximum absolute atomic E-state index is 11.5. The van der Waals surface area contributed by atoms with Crippen LogP contribution in [-0.2, 0) is 19.2 Å². The molecule has 0 amide bonds. The third kappa shape index (κ3) is 2.33. The first kappa shape index (κ1) is 15.2. The van der Waals surface area contributed by atoms with Crippen molar-refractivity contribution in [1.29, 1.82) is 0 Å². The van der Waals surface area contributed by atoms with E-state index in [0.29, 0.717) is 6.42 Å². The van der Waals surface area contributed by atoms with Crippen LogP contribution in [0.3, 0.4) is 0 Å². The van der Waals surface area contributed by atoms with E-state index in [9.17, 15) is 19.2 Å². The predicted octanol–water partition coefficient (Wildman–Crippen LogP) is 2.16. The lowest BCUT2D eigenvalue weighted by Gasteiger charge is -2.34. The fourth-order valence-corrected chi connectivity index (χ4v) is 4.84. The SMILES string of the molecule is O=C(Cl)C1C2CC(C1C(=O)Cl)C(C(=O)Cl)C2C(=O)Cl. The number of carbonyl (C=O) groups is 4. The summed E-state index contributed by atoms with van der Waals surface area (Å²) in [5.41, 5.74) is 0. The molecule has 104 valence electrons. The van der Waals surface area contributed by atoms with Crippen molar-refractivity contribution in [2.24, 2.45) is 35.5 Å². The van der Waals surface area contributed by atoms with E-state index in [1.807, 2.05) is 0 Å². The van der Waals surface area contributed by atoms with Crippen molar-refractivity contribution >= 4 is 67.4 Å². The molecule has 0 aromatic heterocycles. The van der Waals surface area contributed by atoms with Gasteiger partial charge >= 0.3 is 0 Å². The van der Waals surface area contributed by atoms with E-state index in [1.54, 1.807) is 0 Å². The van der Waals surface area contributed by atoms with Crippen LogP contribution < -0.4 is 0 Å². The lowest BCUT2D eigenvalue weighted by molar-refractivity contribution is -0.135. The second kappa shape index (κ2) is 5.32. The van der Waals surface area contributed by atoms with Gasteiger partial charge in [0.05, 0.1) is 0 Å². The summed E-state index contributed by atoms with van der Waals surface area (Å²) in [4.78, 5) is 45.9. The molecule has 4 nitrogen and oxygen atoms in total. The highest BCUT2D eigenvalue weighted by Gasteiger charge is 2.64. The van der Waals surface area contributed by atoms with E-state index < -0.39 is 56.5 Å². The van der Waals surface area contributed by atoms with Crippen LogP contribution in [0.15, 0.2) is 0 Å². The van der Waals surface area contributed by atoms with Gasteiger partial charge < -0.3 is 0 Å². The Kier molecular flexibility index (Phi) is 4.26. The van der Waals surface area contributed by atoms with Gasteiger partial charge in [0.2, 0.25) is 21.0 Å². The highest BCUT2D eigenvalue weighted by molar-refractivity contribution is 6.68. The first-order chi connectivity index (χ1) is 8.77. The van der Waals surface area contributed by atoms with Gasteiger partial charge in [-0.2, -0.15) is 0 Å². The minimum absolute atomic E-state index is 0.318. The summed E-state index contributed by atoms with van der Waals surface area (Å²) in [6.45, 7) is 0. The molecule has 2 aliphatic rings. The predicted molar refractivity (Wildman–Crippen MR) is 69.0 cm³/mol. The van der Waals surface area contributed by atoms with E-state index in [2.05, 4.69) is 0 Å². The average Bonchev–Trinajstić information content (AvgIpc) is 2.81. The van der Waals surface area contributed by atoms with Gasteiger partial charge in [0.1, 0.15) is 0 Å². The number of hydrogen-bond donors (Lipinski definition) is 0.